The highest BCUT2D eigenvalue weighted by molar-refractivity contribution is 5.95. The molecule has 0 aliphatic heterocycles. The molecule has 0 saturated carbocycles. The van der Waals surface area contributed by atoms with Crippen LogP contribution < -0.4 is 0 Å². The van der Waals surface area contributed by atoms with Gasteiger partial charge in [-0.05, 0) is 19.1 Å². The van der Waals surface area contributed by atoms with Gasteiger partial charge >= 0.3 is 6.18 Å². The quantitative estimate of drug-likeness (QED) is 0.873. The van der Waals surface area contributed by atoms with E-state index < -0.39 is 17.6 Å². The second kappa shape index (κ2) is 5.59. The van der Waals surface area contributed by atoms with E-state index in [1.807, 2.05) is 0 Å². The van der Waals surface area contributed by atoms with Gasteiger partial charge in [0.1, 0.15) is 11.5 Å². The Morgan fingerprint density at radius 3 is 2.57 bits per heavy atom. The number of rotatable bonds is 3. The molecule has 0 spiro atoms. The SMILES string of the molecule is Cc1cc(CN(C)C(=O)c2ccccc2C(F)(F)F)no1. The van der Waals surface area contributed by atoms with E-state index in [0.717, 1.165) is 12.1 Å². The molecule has 21 heavy (non-hydrogen) atoms. The Bertz CT molecular complexity index is 650. The molecule has 1 amide bonds. The Morgan fingerprint density at radius 2 is 2.00 bits per heavy atom. The number of aryl methyl sites for hydroxylation is 1. The number of amides is 1. The molecule has 0 N–H and O–H groups in total. The number of hydrogen-bond donors (Lipinski definition) is 0. The van der Waals surface area contributed by atoms with Crippen molar-refractivity contribution in [3.63, 3.8) is 0 Å². The zero-order chi connectivity index (χ0) is 15.6. The summed E-state index contributed by atoms with van der Waals surface area (Å²) >= 11 is 0. The van der Waals surface area contributed by atoms with Gasteiger partial charge in [0.15, 0.2) is 0 Å². The number of alkyl halides is 3. The third-order valence-corrected chi connectivity index (χ3v) is 2.89. The van der Waals surface area contributed by atoms with Gasteiger partial charge in [-0.3, -0.25) is 4.79 Å². The zero-order valence-corrected chi connectivity index (χ0v) is 11.4. The Balaban J connectivity index is 2.24. The Kier molecular flexibility index (Phi) is 4.02. The molecule has 1 heterocycles. The van der Waals surface area contributed by atoms with Crippen molar-refractivity contribution < 1.29 is 22.5 Å². The molecule has 0 saturated heterocycles. The van der Waals surface area contributed by atoms with Crippen LogP contribution in [0.5, 0.6) is 0 Å². The minimum absolute atomic E-state index is 0.0718. The van der Waals surface area contributed by atoms with Gasteiger partial charge in [0.05, 0.1) is 17.7 Å². The molecule has 2 aromatic rings. The van der Waals surface area contributed by atoms with Crippen molar-refractivity contribution in [2.75, 3.05) is 7.05 Å². The largest absolute Gasteiger partial charge is 0.417 e. The van der Waals surface area contributed by atoms with Gasteiger partial charge in [0, 0.05) is 13.1 Å². The molecule has 0 radical (unpaired) electrons. The van der Waals surface area contributed by atoms with E-state index >= 15 is 0 Å². The van der Waals surface area contributed by atoms with E-state index in [-0.39, 0.29) is 12.1 Å². The standard InChI is InChI=1S/C14H13F3N2O2/c1-9-7-10(18-21-9)8-19(2)13(20)11-5-3-4-6-12(11)14(15,16)17/h3-7H,8H2,1-2H3. The summed E-state index contributed by atoms with van der Waals surface area (Å²) in [4.78, 5) is 13.4. The topological polar surface area (TPSA) is 46.3 Å². The van der Waals surface area contributed by atoms with Crippen LogP contribution in [0.15, 0.2) is 34.9 Å². The second-order valence-electron chi connectivity index (χ2n) is 4.63. The van der Waals surface area contributed by atoms with Crippen LogP contribution in [-0.4, -0.2) is 23.0 Å². The normalized spacial score (nSPS) is 11.5. The van der Waals surface area contributed by atoms with Gasteiger partial charge in [0.2, 0.25) is 0 Å². The lowest BCUT2D eigenvalue weighted by molar-refractivity contribution is -0.138. The summed E-state index contributed by atoms with van der Waals surface area (Å²) in [7, 11) is 1.42. The third-order valence-electron chi connectivity index (χ3n) is 2.89. The van der Waals surface area contributed by atoms with Crippen LogP contribution in [-0.2, 0) is 12.7 Å². The van der Waals surface area contributed by atoms with Gasteiger partial charge in [-0.15, -0.1) is 0 Å². The fourth-order valence-electron chi connectivity index (χ4n) is 1.93. The molecule has 0 unspecified atom stereocenters. The number of carbonyl (C=O) groups excluding carboxylic acids is 1. The second-order valence-corrected chi connectivity index (χ2v) is 4.63. The molecule has 0 aliphatic carbocycles. The highest BCUT2D eigenvalue weighted by atomic mass is 19.4. The molecule has 0 aliphatic rings. The van der Waals surface area contributed by atoms with E-state index in [1.54, 1.807) is 13.0 Å². The summed E-state index contributed by atoms with van der Waals surface area (Å²) in [6.45, 7) is 1.76. The molecule has 0 bridgehead atoms. The molecule has 112 valence electrons. The van der Waals surface area contributed by atoms with Gasteiger partial charge in [-0.1, -0.05) is 17.3 Å². The monoisotopic (exact) mass is 298 g/mol. The number of aromatic nitrogens is 1. The predicted molar refractivity (Wildman–Crippen MR) is 68.5 cm³/mol. The minimum atomic E-state index is -4.57. The molecular weight excluding hydrogens is 285 g/mol. The van der Waals surface area contributed by atoms with Gasteiger partial charge < -0.3 is 9.42 Å². The molecule has 2 rings (SSSR count). The maximum Gasteiger partial charge on any atom is 0.417 e. The molecular formula is C14H13F3N2O2. The summed E-state index contributed by atoms with van der Waals surface area (Å²) in [6.07, 6.45) is -4.57. The van der Waals surface area contributed by atoms with E-state index in [9.17, 15) is 18.0 Å². The van der Waals surface area contributed by atoms with Crippen LogP contribution in [0.25, 0.3) is 0 Å². The third kappa shape index (κ3) is 3.42. The van der Waals surface area contributed by atoms with Crippen LogP contribution in [0.2, 0.25) is 0 Å². The highest BCUT2D eigenvalue weighted by Gasteiger charge is 2.35. The van der Waals surface area contributed by atoms with Gasteiger partial charge in [-0.2, -0.15) is 13.2 Å². The summed E-state index contributed by atoms with van der Waals surface area (Å²) in [5.41, 5.74) is -0.848. The molecule has 0 atom stereocenters. The first kappa shape index (κ1) is 15.1. The van der Waals surface area contributed by atoms with Crippen LogP contribution in [0.3, 0.4) is 0 Å². The Morgan fingerprint density at radius 1 is 1.33 bits per heavy atom. The van der Waals surface area contributed by atoms with E-state index in [4.69, 9.17) is 4.52 Å². The summed E-state index contributed by atoms with van der Waals surface area (Å²) in [5, 5.41) is 3.71. The van der Waals surface area contributed by atoms with Crippen molar-refractivity contribution in [1.82, 2.24) is 10.1 Å². The molecule has 1 aromatic heterocycles. The first-order valence-corrected chi connectivity index (χ1v) is 6.13. The molecule has 7 heteroatoms. The maximum atomic E-state index is 12.9. The molecule has 0 fully saturated rings. The fourth-order valence-corrected chi connectivity index (χ4v) is 1.93. The van der Waals surface area contributed by atoms with Crippen LogP contribution in [0, 0.1) is 6.92 Å². The Labute approximate surface area is 119 Å². The van der Waals surface area contributed by atoms with Crippen molar-refractivity contribution in [1.29, 1.82) is 0 Å². The van der Waals surface area contributed by atoms with Crippen LogP contribution in [0.1, 0.15) is 27.4 Å². The fraction of sp³-hybridized carbons (Fsp3) is 0.286. The lowest BCUT2D eigenvalue weighted by Crippen LogP contribution is -2.28. The summed E-state index contributed by atoms with van der Waals surface area (Å²) in [6, 6.07) is 6.33. The van der Waals surface area contributed by atoms with Crippen molar-refractivity contribution in [2.24, 2.45) is 0 Å². The van der Waals surface area contributed by atoms with Gasteiger partial charge in [0.25, 0.3) is 5.91 Å². The van der Waals surface area contributed by atoms with E-state index in [0.29, 0.717) is 11.5 Å². The number of nitrogens with zero attached hydrogens (tertiary/aromatic N) is 2. The summed E-state index contributed by atoms with van der Waals surface area (Å²) < 4.78 is 43.6. The zero-order valence-electron chi connectivity index (χ0n) is 11.4. The highest BCUT2D eigenvalue weighted by Crippen LogP contribution is 2.32. The summed E-state index contributed by atoms with van der Waals surface area (Å²) in [5.74, 6) is -0.148. The van der Waals surface area contributed by atoms with Crippen molar-refractivity contribution in [3.05, 3.63) is 52.9 Å². The van der Waals surface area contributed by atoms with Crippen molar-refractivity contribution >= 4 is 5.91 Å². The maximum absolute atomic E-state index is 12.9. The lowest BCUT2D eigenvalue weighted by Gasteiger charge is -2.18. The Hall–Kier alpha value is -2.31. The average molecular weight is 298 g/mol. The number of hydrogen-bond acceptors (Lipinski definition) is 3. The number of carbonyl (C=O) groups is 1. The van der Waals surface area contributed by atoms with E-state index in [2.05, 4.69) is 5.16 Å². The van der Waals surface area contributed by atoms with Crippen LogP contribution >= 0.6 is 0 Å². The molecule has 1 aromatic carbocycles. The first-order chi connectivity index (χ1) is 9.79. The van der Waals surface area contributed by atoms with Gasteiger partial charge in [-0.25, -0.2) is 0 Å². The predicted octanol–water partition coefficient (Wildman–Crippen LogP) is 3.27. The lowest BCUT2D eigenvalue weighted by atomic mass is 10.1. The number of halogens is 3. The average Bonchev–Trinajstić information content (AvgIpc) is 2.82. The van der Waals surface area contributed by atoms with Crippen molar-refractivity contribution in [2.45, 2.75) is 19.6 Å². The van der Waals surface area contributed by atoms with Crippen LogP contribution in [0.4, 0.5) is 13.2 Å². The molecule has 4 nitrogen and oxygen atoms in total. The van der Waals surface area contributed by atoms with E-state index in [1.165, 1.54) is 24.1 Å². The smallest absolute Gasteiger partial charge is 0.361 e. The number of benzene rings is 1. The van der Waals surface area contributed by atoms with Crippen molar-refractivity contribution in [3.8, 4) is 0 Å². The first-order valence-electron chi connectivity index (χ1n) is 6.13. The minimum Gasteiger partial charge on any atom is -0.361 e.